The molecule has 2 fully saturated rings. The summed E-state index contributed by atoms with van der Waals surface area (Å²) in [4.78, 5) is 14.5. The molecule has 118 valence electrons. The molecule has 2 saturated heterocycles. The van der Waals surface area contributed by atoms with E-state index in [-0.39, 0.29) is 5.97 Å². The van der Waals surface area contributed by atoms with Crippen molar-refractivity contribution in [2.45, 2.75) is 38.1 Å². The number of esters is 1. The van der Waals surface area contributed by atoms with Gasteiger partial charge in [-0.1, -0.05) is 36.8 Å². The normalized spacial score (nSPS) is 25.8. The van der Waals surface area contributed by atoms with Crippen molar-refractivity contribution in [3.8, 4) is 0 Å². The molecule has 0 spiro atoms. The second kappa shape index (κ2) is 7.59. The number of ether oxygens (including phenoxy) is 1. The zero-order valence-electron chi connectivity index (χ0n) is 13.1. The lowest BCUT2D eigenvalue weighted by Gasteiger charge is -2.44. The Morgan fingerprint density at radius 3 is 2.82 bits per heavy atom. The lowest BCUT2D eigenvalue weighted by atomic mass is 9.84. The highest BCUT2D eigenvalue weighted by atomic mass is 16.5. The van der Waals surface area contributed by atoms with Crippen molar-refractivity contribution >= 4 is 12.0 Å². The molecule has 0 aliphatic carbocycles. The first-order valence-electron chi connectivity index (χ1n) is 8.47. The summed E-state index contributed by atoms with van der Waals surface area (Å²) in [5.41, 5.74) is 1.02. The number of hydrogen-bond acceptors (Lipinski definition) is 3. The number of carbonyl (C=O) groups is 1. The Balaban J connectivity index is 1.49. The Hall–Kier alpha value is -1.61. The van der Waals surface area contributed by atoms with Gasteiger partial charge in [0.2, 0.25) is 0 Å². The summed E-state index contributed by atoms with van der Waals surface area (Å²) in [7, 11) is 0. The van der Waals surface area contributed by atoms with E-state index in [0.717, 1.165) is 5.56 Å². The van der Waals surface area contributed by atoms with Crippen molar-refractivity contribution in [2.24, 2.45) is 5.92 Å². The van der Waals surface area contributed by atoms with Gasteiger partial charge in [-0.25, -0.2) is 4.79 Å². The lowest BCUT2D eigenvalue weighted by molar-refractivity contribution is -0.140. The summed E-state index contributed by atoms with van der Waals surface area (Å²) in [5.74, 6) is 0.292. The number of nitrogens with zero attached hydrogens (tertiary/aromatic N) is 1. The molecule has 0 bridgehead atoms. The minimum atomic E-state index is -0.225. The Bertz CT molecular complexity index is 509. The van der Waals surface area contributed by atoms with Crippen LogP contribution in [0.25, 0.3) is 6.08 Å². The SMILES string of the molecule is O=C(/C=C/c1ccccc1)OC[C@H]1CCCN2CCCC[C@@H]12. The first kappa shape index (κ1) is 15.3. The van der Waals surface area contributed by atoms with Crippen LogP contribution < -0.4 is 0 Å². The van der Waals surface area contributed by atoms with Crippen LogP contribution in [0.4, 0.5) is 0 Å². The predicted octanol–water partition coefficient (Wildman–Crippen LogP) is 3.51. The molecule has 0 radical (unpaired) electrons. The minimum Gasteiger partial charge on any atom is -0.462 e. The topological polar surface area (TPSA) is 29.5 Å². The average molecular weight is 299 g/mol. The molecule has 3 nitrogen and oxygen atoms in total. The van der Waals surface area contributed by atoms with Crippen LogP contribution in [-0.4, -0.2) is 36.6 Å². The number of rotatable bonds is 4. The molecule has 2 heterocycles. The zero-order valence-corrected chi connectivity index (χ0v) is 13.1. The number of piperidine rings is 2. The lowest BCUT2D eigenvalue weighted by Crippen LogP contribution is -2.49. The maximum Gasteiger partial charge on any atom is 0.330 e. The monoisotopic (exact) mass is 299 g/mol. The molecule has 2 aliphatic heterocycles. The summed E-state index contributed by atoms with van der Waals surface area (Å²) < 4.78 is 5.50. The average Bonchev–Trinajstić information content (AvgIpc) is 2.59. The van der Waals surface area contributed by atoms with Gasteiger partial charge in [-0.15, -0.1) is 0 Å². The fourth-order valence-corrected chi connectivity index (χ4v) is 3.74. The minimum absolute atomic E-state index is 0.225. The van der Waals surface area contributed by atoms with Crippen molar-refractivity contribution in [1.82, 2.24) is 4.90 Å². The second-order valence-electron chi connectivity index (χ2n) is 6.38. The fraction of sp³-hybridized carbons (Fsp3) is 0.526. The molecule has 0 aromatic heterocycles. The van der Waals surface area contributed by atoms with E-state index in [1.54, 1.807) is 0 Å². The van der Waals surface area contributed by atoms with Gasteiger partial charge in [-0.2, -0.15) is 0 Å². The van der Waals surface area contributed by atoms with Crippen molar-refractivity contribution in [3.63, 3.8) is 0 Å². The molecule has 3 rings (SSSR count). The van der Waals surface area contributed by atoms with Crippen LogP contribution in [0.3, 0.4) is 0 Å². The molecular formula is C19H25NO2. The van der Waals surface area contributed by atoms with Crippen molar-refractivity contribution in [3.05, 3.63) is 42.0 Å². The van der Waals surface area contributed by atoms with Gasteiger partial charge in [0.25, 0.3) is 0 Å². The summed E-state index contributed by atoms with van der Waals surface area (Å²) in [6.07, 6.45) is 9.69. The van der Waals surface area contributed by atoms with E-state index in [1.165, 1.54) is 51.3 Å². The smallest absolute Gasteiger partial charge is 0.330 e. The van der Waals surface area contributed by atoms with E-state index in [2.05, 4.69) is 4.90 Å². The van der Waals surface area contributed by atoms with E-state index >= 15 is 0 Å². The molecule has 0 unspecified atom stereocenters. The van der Waals surface area contributed by atoms with Gasteiger partial charge in [0.15, 0.2) is 0 Å². The van der Waals surface area contributed by atoms with Crippen LogP contribution in [0.1, 0.15) is 37.7 Å². The van der Waals surface area contributed by atoms with E-state index < -0.39 is 0 Å². The first-order chi connectivity index (χ1) is 10.8. The molecule has 0 N–H and O–H groups in total. The summed E-state index contributed by atoms with van der Waals surface area (Å²) in [5, 5.41) is 0. The Labute approximate surface area is 133 Å². The number of benzene rings is 1. The molecular weight excluding hydrogens is 274 g/mol. The summed E-state index contributed by atoms with van der Waals surface area (Å²) in [6.45, 7) is 3.02. The Morgan fingerprint density at radius 1 is 1.14 bits per heavy atom. The van der Waals surface area contributed by atoms with E-state index in [0.29, 0.717) is 18.6 Å². The predicted molar refractivity (Wildman–Crippen MR) is 88.4 cm³/mol. The Kier molecular flexibility index (Phi) is 5.28. The van der Waals surface area contributed by atoms with Crippen LogP contribution in [0, 0.1) is 5.92 Å². The van der Waals surface area contributed by atoms with Crippen molar-refractivity contribution < 1.29 is 9.53 Å². The molecule has 2 atom stereocenters. The highest BCUT2D eigenvalue weighted by Gasteiger charge is 2.33. The van der Waals surface area contributed by atoms with Gasteiger partial charge < -0.3 is 4.74 Å². The van der Waals surface area contributed by atoms with Crippen LogP contribution in [0.2, 0.25) is 0 Å². The maximum atomic E-state index is 11.9. The van der Waals surface area contributed by atoms with Gasteiger partial charge in [0.05, 0.1) is 6.61 Å². The molecule has 1 aromatic rings. The van der Waals surface area contributed by atoms with Crippen molar-refractivity contribution in [2.75, 3.05) is 19.7 Å². The third-order valence-corrected chi connectivity index (χ3v) is 4.88. The highest BCUT2D eigenvalue weighted by molar-refractivity contribution is 5.87. The van der Waals surface area contributed by atoms with E-state index in [1.807, 2.05) is 36.4 Å². The number of fused-ring (bicyclic) bond motifs is 1. The fourth-order valence-electron chi connectivity index (χ4n) is 3.74. The molecule has 22 heavy (non-hydrogen) atoms. The highest BCUT2D eigenvalue weighted by Crippen LogP contribution is 2.30. The largest absolute Gasteiger partial charge is 0.462 e. The summed E-state index contributed by atoms with van der Waals surface area (Å²) >= 11 is 0. The van der Waals surface area contributed by atoms with Crippen LogP contribution in [0.15, 0.2) is 36.4 Å². The van der Waals surface area contributed by atoms with Crippen LogP contribution >= 0.6 is 0 Å². The van der Waals surface area contributed by atoms with Crippen LogP contribution in [-0.2, 0) is 9.53 Å². The van der Waals surface area contributed by atoms with Gasteiger partial charge in [0, 0.05) is 18.0 Å². The maximum absolute atomic E-state index is 11.9. The second-order valence-corrected chi connectivity index (χ2v) is 6.38. The van der Waals surface area contributed by atoms with Gasteiger partial charge in [-0.3, -0.25) is 4.90 Å². The standard InChI is InChI=1S/C19H25NO2/c21-19(12-11-16-7-2-1-3-8-16)22-15-17-9-6-14-20-13-5-4-10-18(17)20/h1-3,7-8,11-12,17-18H,4-6,9-10,13-15H2/b12-11+/t17-,18+/m1/s1. The Morgan fingerprint density at radius 2 is 1.95 bits per heavy atom. The van der Waals surface area contributed by atoms with Crippen LogP contribution in [0.5, 0.6) is 0 Å². The molecule has 0 amide bonds. The number of carbonyl (C=O) groups excluding carboxylic acids is 1. The molecule has 2 aliphatic rings. The van der Waals surface area contributed by atoms with Gasteiger partial charge in [0.1, 0.15) is 0 Å². The summed E-state index contributed by atoms with van der Waals surface area (Å²) in [6, 6.07) is 10.5. The van der Waals surface area contributed by atoms with E-state index in [4.69, 9.17) is 4.74 Å². The quantitative estimate of drug-likeness (QED) is 0.629. The number of hydrogen-bond donors (Lipinski definition) is 0. The van der Waals surface area contributed by atoms with E-state index in [9.17, 15) is 4.79 Å². The van der Waals surface area contributed by atoms with Gasteiger partial charge in [-0.05, 0) is 50.4 Å². The van der Waals surface area contributed by atoms with Gasteiger partial charge >= 0.3 is 5.97 Å². The first-order valence-corrected chi connectivity index (χ1v) is 8.47. The zero-order chi connectivity index (χ0) is 15.2. The molecule has 0 saturated carbocycles. The molecule has 3 heteroatoms. The third-order valence-electron chi connectivity index (χ3n) is 4.88. The van der Waals surface area contributed by atoms with Crippen molar-refractivity contribution in [1.29, 1.82) is 0 Å². The molecule has 1 aromatic carbocycles. The third kappa shape index (κ3) is 3.98.